The van der Waals surface area contributed by atoms with Crippen molar-refractivity contribution in [2.45, 2.75) is 45.4 Å². The van der Waals surface area contributed by atoms with Crippen LogP contribution >= 0.6 is 11.8 Å². The Balaban J connectivity index is 1.80. The number of carbonyl (C=O) groups excluding carboxylic acids is 2. The lowest BCUT2D eigenvalue weighted by atomic mass is 9.98. The Morgan fingerprint density at radius 3 is 2.62 bits per heavy atom. The van der Waals surface area contributed by atoms with Crippen molar-refractivity contribution in [3.05, 3.63) is 48.3 Å². The van der Waals surface area contributed by atoms with Crippen molar-refractivity contribution in [1.29, 1.82) is 0 Å². The minimum absolute atomic E-state index is 0.0181. The quantitative estimate of drug-likeness (QED) is 0.747. The number of ether oxygens (including phenoxy) is 1. The van der Waals surface area contributed by atoms with E-state index in [-0.39, 0.29) is 23.9 Å². The molecule has 1 heterocycles. The molecule has 1 aromatic carbocycles. The summed E-state index contributed by atoms with van der Waals surface area (Å²) in [5.41, 5.74) is 1.20. The number of amides is 1. The fourth-order valence-corrected chi connectivity index (χ4v) is 2.80. The summed E-state index contributed by atoms with van der Waals surface area (Å²) in [6.07, 6.45) is 3.18. The zero-order chi connectivity index (χ0) is 19.2. The predicted molar refractivity (Wildman–Crippen MR) is 104 cm³/mol. The standard InChI is InChI=1S/C19H25N3O3S/c1-14(26-12-15-8-6-5-7-9-15)17(23)21-16-10-20-22(11-16)13-25-18(24)19(2,3)4/h5-11,14H,12-13H2,1-4H3,(H,21,23)/t14-/m0/s1. The molecule has 140 valence electrons. The lowest BCUT2D eigenvalue weighted by Crippen LogP contribution is -2.24. The average Bonchev–Trinajstić information content (AvgIpc) is 3.04. The average molecular weight is 375 g/mol. The maximum atomic E-state index is 12.3. The van der Waals surface area contributed by atoms with Crippen molar-refractivity contribution in [3.63, 3.8) is 0 Å². The minimum atomic E-state index is -0.560. The van der Waals surface area contributed by atoms with Gasteiger partial charge in [0.1, 0.15) is 0 Å². The smallest absolute Gasteiger partial charge is 0.313 e. The Labute approximate surface area is 158 Å². The number of anilines is 1. The van der Waals surface area contributed by atoms with Gasteiger partial charge in [-0.15, -0.1) is 11.8 Å². The van der Waals surface area contributed by atoms with Crippen molar-refractivity contribution < 1.29 is 14.3 Å². The van der Waals surface area contributed by atoms with Crippen LogP contribution in [0, 0.1) is 5.41 Å². The monoisotopic (exact) mass is 375 g/mol. The summed E-state index contributed by atoms with van der Waals surface area (Å²) in [6.45, 7) is 7.26. The van der Waals surface area contributed by atoms with Crippen molar-refractivity contribution in [2.24, 2.45) is 5.41 Å². The summed E-state index contributed by atoms with van der Waals surface area (Å²) in [6, 6.07) is 10.0. The summed E-state index contributed by atoms with van der Waals surface area (Å²) in [7, 11) is 0. The molecule has 7 heteroatoms. The molecule has 2 rings (SSSR count). The lowest BCUT2D eigenvalue weighted by Gasteiger charge is -2.16. The second-order valence-corrected chi connectivity index (χ2v) is 8.34. The molecule has 1 N–H and O–H groups in total. The van der Waals surface area contributed by atoms with Gasteiger partial charge in [0.15, 0.2) is 6.73 Å². The Hall–Kier alpha value is -2.28. The third-order valence-corrected chi connectivity index (χ3v) is 4.77. The van der Waals surface area contributed by atoms with Gasteiger partial charge in [0, 0.05) is 5.75 Å². The molecule has 0 radical (unpaired) electrons. The third-order valence-electron chi connectivity index (χ3n) is 3.55. The first-order chi connectivity index (χ1) is 12.3. The van der Waals surface area contributed by atoms with E-state index < -0.39 is 5.41 Å². The van der Waals surface area contributed by atoms with Gasteiger partial charge in [-0.1, -0.05) is 30.3 Å². The molecule has 0 aliphatic rings. The fraction of sp³-hybridized carbons (Fsp3) is 0.421. The third kappa shape index (κ3) is 6.22. The second-order valence-electron chi connectivity index (χ2n) is 7.01. The summed E-state index contributed by atoms with van der Waals surface area (Å²) < 4.78 is 6.66. The number of nitrogens with zero attached hydrogens (tertiary/aromatic N) is 2. The number of hydrogen-bond donors (Lipinski definition) is 1. The SMILES string of the molecule is C[C@H](SCc1ccccc1)C(=O)Nc1cnn(COC(=O)C(C)(C)C)c1. The minimum Gasteiger partial charge on any atom is -0.442 e. The van der Waals surface area contributed by atoms with Gasteiger partial charge < -0.3 is 10.1 Å². The molecule has 26 heavy (non-hydrogen) atoms. The molecule has 0 aliphatic carbocycles. The van der Waals surface area contributed by atoms with Gasteiger partial charge in [0.05, 0.1) is 28.7 Å². The molecule has 0 aliphatic heterocycles. The highest BCUT2D eigenvalue weighted by molar-refractivity contribution is 7.99. The molecule has 0 bridgehead atoms. The Kier molecular flexibility index (Phi) is 6.85. The van der Waals surface area contributed by atoms with Crippen LogP contribution in [0.3, 0.4) is 0 Å². The first-order valence-electron chi connectivity index (χ1n) is 8.42. The van der Waals surface area contributed by atoms with Crippen LogP contribution in [0.4, 0.5) is 5.69 Å². The van der Waals surface area contributed by atoms with E-state index in [4.69, 9.17) is 4.74 Å². The van der Waals surface area contributed by atoms with E-state index in [1.807, 2.05) is 37.3 Å². The molecule has 0 saturated carbocycles. The van der Waals surface area contributed by atoms with Gasteiger partial charge >= 0.3 is 5.97 Å². The number of rotatable bonds is 7. The summed E-state index contributed by atoms with van der Waals surface area (Å²) in [5.74, 6) is 0.388. The maximum absolute atomic E-state index is 12.3. The van der Waals surface area contributed by atoms with Crippen LogP contribution in [0.15, 0.2) is 42.7 Å². The van der Waals surface area contributed by atoms with E-state index >= 15 is 0 Å². The van der Waals surface area contributed by atoms with Crippen LogP contribution in [0.1, 0.15) is 33.3 Å². The molecular formula is C19H25N3O3S. The largest absolute Gasteiger partial charge is 0.442 e. The first-order valence-corrected chi connectivity index (χ1v) is 9.46. The van der Waals surface area contributed by atoms with Gasteiger partial charge in [-0.2, -0.15) is 5.10 Å². The van der Waals surface area contributed by atoms with Gasteiger partial charge in [0.2, 0.25) is 5.91 Å². The summed E-state index contributed by atoms with van der Waals surface area (Å²) >= 11 is 1.57. The summed E-state index contributed by atoms with van der Waals surface area (Å²) in [5, 5.41) is 6.73. The van der Waals surface area contributed by atoms with Crippen molar-refractivity contribution >= 4 is 29.3 Å². The van der Waals surface area contributed by atoms with Crippen molar-refractivity contribution in [2.75, 3.05) is 5.32 Å². The van der Waals surface area contributed by atoms with Crippen LogP contribution in [0.25, 0.3) is 0 Å². The van der Waals surface area contributed by atoms with E-state index in [0.717, 1.165) is 5.75 Å². The number of thioether (sulfide) groups is 1. The molecule has 0 unspecified atom stereocenters. The van der Waals surface area contributed by atoms with Gasteiger partial charge in [-0.05, 0) is 33.3 Å². The van der Waals surface area contributed by atoms with Crippen LogP contribution in [-0.4, -0.2) is 26.9 Å². The molecule has 1 amide bonds. The van der Waals surface area contributed by atoms with Crippen LogP contribution in [-0.2, 0) is 26.8 Å². The maximum Gasteiger partial charge on any atom is 0.313 e. The number of esters is 1. The van der Waals surface area contributed by atoms with Gasteiger partial charge in [-0.3, -0.25) is 9.59 Å². The lowest BCUT2D eigenvalue weighted by molar-refractivity contribution is -0.157. The normalized spacial score (nSPS) is 12.5. The molecule has 0 saturated heterocycles. The highest BCUT2D eigenvalue weighted by Gasteiger charge is 2.23. The zero-order valence-corrected chi connectivity index (χ0v) is 16.4. The first kappa shape index (κ1) is 20.0. The Morgan fingerprint density at radius 1 is 1.27 bits per heavy atom. The predicted octanol–water partition coefficient (Wildman–Crippen LogP) is 3.69. The molecule has 1 aromatic heterocycles. The Morgan fingerprint density at radius 2 is 1.96 bits per heavy atom. The van der Waals surface area contributed by atoms with E-state index in [1.165, 1.54) is 16.4 Å². The van der Waals surface area contributed by atoms with E-state index in [0.29, 0.717) is 5.69 Å². The second kappa shape index (κ2) is 8.89. The van der Waals surface area contributed by atoms with Crippen LogP contribution in [0.5, 0.6) is 0 Å². The molecule has 1 atom stereocenters. The number of benzene rings is 1. The zero-order valence-electron chi connectivity index (χ0n) is 15.6. The molecule has 6 nitrogen and oxygen atoms in total. The van der Waals surface area contributed by atoms with Crippen LogP contribution in [0.2, 0.25) is 0 Å². The van der Waals surface area contributed by atoms with Crippen LogP contribution < -0.4 is 5.32 Å². The van der Waals surface area contributed by atoms with Crippen molar-refractivity contribution in [1.82, 2.24) is 9.78 Å². The fourth-order valence-electron chi connectivity index (χ4n) is 1.96. The number of nitrogens with one attached hydrogen (secondary N) is 1. The van der Waals surface area contributed by atoms with Gasteiger partial charge in [-0.25, -0.2) is 4.68 Å². The number of carbonyl (C=O) groups is 2. The van der Waals surface area contributed by atoms with Crippen molar-refractivity contribution in [3.8, 4) is 0 Å². The highest BCUT2D eigenvalue weighted by atomic mass is 32.2. The topological polar surface area (TPSA) is 73.2 Å². The Bertz CT molecular complexity index is 738. The molecule has 0 spiro atoms. The van der Waals surface area contributed by atoms with E-state index in [1.54, 1.807) is 38.7 Å². The van der Waals surface area contributed by atoms with E-state index in [9.17, 15) is 9.59 Å². The number of hydrogen-bond acceptors (Lipinski definition) is 5. The van der Waals surface area contributed by atoms with E-state index in [2.05, 4.69) is 10.4 Å². The van der Waals surface area contributed by atoms with Gasteiger partial charge in [0.25, 0.3) is 0 Å². The highest BCUT2D eigenvalue weighted by Crippen LogP contribution is 2.19. The molecule has 2 aromatic rings. The molecule has 0 fully saturated rings. The molecular weight excluding hydrogens is 350 g/mol. The number of aromatic nitrogens is 2. The summed E-state index contributed by atoms with van der Waals surface area (Å²) in [4.78, 5) is 24.1.